The number of piperazine rings is 1. The maximum absolute atomic E-state index is 12.8. The lowest BCUT2D eigenvalue weighted by Crippen LogP contribution is -2.56. The van der Waals surface area contributed by atoms with Crippen molar-refractivity contribution in [3.8, 4) is 6.07 Å². The molecule has 1 fully saturated rings. The summed E-state index contributed by atoms with van der Waals surface area (Å²) in [6, 6.07) is 12.5. The van der Waals surface area contributed by atoms with Gasteiger partial charge in [-0.3, -0.25) is 4.90 Å². The van der Waals surface area contributed by atoms with E-state index in [2.05, 4.69) is 40.1 Å². The van der Waals surface area contributed by atoms with Crippen molar-refractivity contribution in [2.24, 2.45) is 0 Å². The van der Waals surface area contributed by atoms with E-state index in [-0.39, 0.29) is 18.6 Å². The Morgan fingerprint density at radius 3 is 2.66 bits per heavy atom. The lowest BCUT2D eigenvalue weighted by atomic mass is 10.0. The zero-order valence-electron chi connectivity index (χ0n) is 21.0. The monoisotopic (exact) mass is 494 g/mol. The van der Waals surface area contributed by atoms with Gasteiger partial charge >= 0.3 is 6.09 Å². The maximum atomic E-state index is 12.8. The molecule has 9 heteroatoms. The van der Waals surface area contributed by atoms with Gasteiger partial charge in [0, 0.05) is 44.8 Å². The van der Waals surface area contributed by atoms with Crippen LogP contribution >= 0.6 is 11.8 Å². The van der Waals surface area contributed by atoms with Crippen molar-refractivity contribution in [3.63, 3.8) is 0 Å². The minimum absolute atomic E-state index is 0.245. The summed E-state index contributed by atoms with van der Waals surface area (Å²) >= 11 is 1.54. The van der Waals surface area contributed by atoms with E-state index in [9.17, 15) is 10.1 Å². The van der Waals surface area contributed by atoms with Crippen LogP contribution in [-0.4, -0.2) is 69.9 Å². The Morgan fingerprint density at radius 2 is 1.97 bits per heavy atom. The average Bonchev–Trinajstić information content (AvgIpc) is 2.83. The van der Waals surface area contributed by atoms with E-state index in [4.69, 9.17) is 14.7 Å². The molecule has 1 unspecified atom stereocenters. The van der Waals surface area contributed by atoms with E-state index in [1.54, 1.807) is 16.7 Å². The molecule has 0 bridgehead atoms. The van der Waals surface area contributed by atoms with E-state index in [0.29, 0.717) is 19.6 Å². The summed E-state index contributed by atoms with van der Waals surface area (Å²) < 4.78 is 5.61. The van der Waals surface area contributed by atoms with E-state index in [1.807, 2.05) is 33.1 Å². The minimum Gasteiger partial charge on any atom is -0.444 e. The third-order valence-electron chi connectivity index (χ3n) is 6.27. The van der Waals surface area contributed by atoms with Crippen LogP contribution < -0.4 is 4.90 Å². The van der Waals surface area contributed by atoms with Gasteiger partial charge in [0.05, 0.1) is 24.2 Å². The number of hydrogen-bond acceptors (Lipinski definition) is 8. The molecule has 0 saturated carbocycles. The number of rotatable bonds is 5. The van der Waals surface area contributed by atoms with Crippen LogP contribution in [0, 0.1) is 11.3 Å². The third kappa shape index (κ3) is 6.24. The van der Waals surface area contributed by atoms with Crippen molar-refractivity contribution in [1.82, 2.24) is 19.8 Å². The molecule has 1 aromatic carbocycles. The van der Waals surface area contributed by atoms with Crippen LogP contribution in [0.15, 0.2) is 35.5 Å². The van der Waals surface area contributed by atoms with Gasteiger partial charge in [0.2, 0.25) is 0 Å². The summed E-state index contributed by atoms with van der Waals surface area (Å²) in [5, 5.41) is 10.2. The predicted molar refractivity (Wildman–Crippen MR) is 137 cm³/mol. The van der Waals surface area contributed by atoms with E-state index in [0.717, 1.165) is 42.7 Å². The van der Waals surface area contributed by atoms with Gasteiger partial charge in [-0.05, 0) is 39.0 Å². The number of amides is 1. The summed E-state index contributed by atoms with van der Waals surface area (Å²) in [6.07, 6.45) is 2.77. The standard InChI is InChI=1S/C26H34N6O2S/c1-26(2,3)34-25(33)32-15-14-31(17-20(32)10-12-27)23-21-11-13-30(16-19-8-6-5-7-9-19)18-22(21)28-24(29-23)35-4/h5-9,20H,10-11,13-18H2,1-4H3. The first kappa shape index (κ1) is 25.3. The van der Waals surface area contributed by atoms with Gasteiger partial charge in [0.25, 0.3) is 0 Å². The Labute approximate surface area is 212 Å². The number of hydrogen-bond donors (Lipinski definition) is 0. The Morgan fingerprint density at radius 1 is 1.20 bits per heavy atom. The smallest absolute Gasteiger partial charge is 0.410 e. The van der Waals surface area contributed by atoms with Crippen LogP contribution in [0.5, 0.6) is 0 Å². The van der Waals surface area contributed by atoms with Gasteiger partial charge in [-0.15, -0.1) is 0 Å². The number of nitrogens with zero attached hydrogens (tertiary/aromatic N) is 6. The van der Waals surface area contributed by atoms with Crippen LogP contribution in [0.2, 0.25) is 0 Å². The fraction of sp³-hybridized carbons (Fsp3) is 0.538. The molecule has 0 N–H and O–H groups in total. The molecule has 4 rings (SSSR count). The molecule has 1 saturated heterocycles. The number of carbonyl (C=O) groups excluding carboxylic acids is 1. The Kier molecular flexibility index (Phi) is 7.82. The molecule has 1 amide bonds. The van der Waals surface area contributed by atoms with E-state index < -0.39 is 5.60 Å². The normalized spacial score (nSPS) is 18.7. The fourth-order valence-electron chi connectivity index (χ4n) is 4.66. The second-order valence-corrected chi connectivity index (χ2v) is 10.8. The van der Waals surface area contributed by atoms with Gasteiger partial charge < -0.3 is 14.5 Å². The van der Waals surface area contributed by atoms with E-state index >= 15 is 0 Å². The zero-order chi connectivity index (χ0) is 25.0. The zero-order valence-corrected chi connectivity index (χ0v) is 21.8. The summed E-state index contributed by atoms with van der Waals surface area (Å²) in [6.45, 7) is 9.89. The lowest BCUT2D eigenvalue weighted by molar-refractivity contribution is 0.0144. The molecular formula is C26H34N6O2S. The highest BCUT2D eigenvalue weighted by Gasteiger charge is 2.35. The molecule has 2 aliphatic heterocycles. The molecular weight excluding hydrogens is 460 g/mol. The SMILES string of the molecule is CSc1nc2c(c(N3CCN(C(=O)OC(C)(C)C)C(CC#N)C3)n1)CCN(Cc1ccccc1)C2. The maximum Gasteiger partial charge on any atom is 0.410 e. The second-order valence-electron chi connectivity index (χ2n) is 10.0. The van der Waals surface area contributed by atoms with Crippen molar-refractivity contribution in [3.05, 3.63) is 47.2 Å². The molecule has 35 heavy (non-hydrogen) atoms. The number of fused-ring (bicyclic) bond motifs is 1. The van der Waals surface area contributed by atoms with E-state index in [1.165, 1.54) is 11.1 Å². The topological polar surface area (TPSA) is 85.6 Å². The minimum atomic E-state index is -0.573. The average molecular weight is 495 g/mol. The second kappa shape index (κ2) is 10.8. The van der Waals surface area contributed by atoms with Gasteiger partial charge in [-0.25, -0.2) is 14.8 Å². The van der Waals surface area contributed by atoms with Crippen LogP contribution in [0.3, 0.4) is 0 Å². The van der Waals surface area contributed by atoms with Crippen LogP contribution in [0.25, 0.3) is 0 Å². The first-order chi connectivity index (χ1) is 16.8. The number of nitriles is 1. The summed E-state index contributed by atoms with van der Waals surface area (Å²) in [5.41, 5.74) is 2.99. The van der Waals surface area contributed by atoms with Crippen molar-refractivity contribution >= 4 is 23.7 Å². The largest absolute Gasteiger partial charge is 0.444 e. The number of carbonyl (C=O) groups is 1. The Bertz CT molecular complexity index is 1080. The highest BCUT2D eigenvalue weighted by Crippen LogP contribution is 2.31. The molecule has 186 valence electrons. The van der Waals surface area contributed by atoms with Crippen LogP contribution in [-0.2, 0) is 24.2 Å². The molecule has 0 radical (unpaired) electrons. The molecule has 1 atom stereocenters. The molecule has 8 nitrogen and oxygen atoms in total. The number of anilines is 1. The van der Waals surface area contributed by atoms with Crippen molar-refractivity contribution in [2.45, 2.75) is 63.5 Å². The number of thioether (sulfide) groups is 1. The van der Waals surface area contributed by atoms with Crippen LogP contribution in [0.1, 0.15) is 44.0 Å². The van der Waals surface area contributed by atoms with Gasteiger partial charge in [0.15, 0.2) is 5.16 Å². The number of ether oxygens (including phenoxy) is 1. The van der Waals surface area contributed by atoms with Crippen LogP contribution in [0.4, 0.5) is 10.6 Å². The molecule has 2 aliphatic rings. The van der Waals surface area contributed by atoms with Gasteiger partial charge in [-0.2, -0.15) is 5.26 Å². The Balaban J connectivity index is 1.55. The Hall–Kier alpha value is -2.83. The number of benzene rings is 1. The summed E-state index contributed by atoms with van der Waals surface area (Å²) in [5.74, 6) is 0.950. The number of aromatic nitrogens is 2. The fourth-order valence-corrected chi connectivity index (χ4v) is 5.04. The third-order valence-corrected chi connectivity index (χ3v) is 6.82. The van der Waals surface area contributed by atoms with Crippen molar-refractivity contribution < 1.29 is 9.53 Å². The molecule has 0 aliphatic carbocycles. The van der Waals surface area contributed by atoms with Crippen molar-refractivity contribution in [2.75, 3.05) is 37.3 Å². The molecule has 1 aromatic heterocycles. The van der Waals surface area contributed by atoms with Gasteiger partial charge in [0.1, 0.15) is 11.4 Å². The summed E-state index contributed by atoms with van der Waals surface area (Å²) in [4.78, 5) is 28.9. The highest BCUT2D eigenvalue weighted by atomic mass is 32.2. The molecule has 0 spiro atoms. The highest BCUT2D eigenvalue weighted by molar-refractivity contribution is 7.98. The predicted octanol–water partition coefficient (Wildman–Crippen LogP) is 4.10. The summed E-state index contributed by atoms with van der Waals surface area (Å²) in [7, 11) is 0. The quantitative estimate of drug-likeness (QED) is 0.454. The molecule has 2 aromatic rings. The lowest BCUT2D eigenvalue weighted by Gasteiger charge is -2.42. The first-order valence-electron chi connectivity index (χ1n) is 12.1. The van der Waals surface area contributed by atoms with Gasteiger partial charge in [-0.1, -0.05) is 42.1 Å². The molecule has 3 heterocycles. The first-order valence-corrected chi connectivity index (χ1v) is 13.3. The van der Waals surface area contributed by atoms with Crippen molar-refractivity contribution in [1.29, 1.82) is 5.26 Å².